The highest BCUT2D eigenvalue weighted by Crippen LogP contribution is 2.61. The monoisotopic (exact) mass is 427 g/mol. The van der Waals surface area contributed by atoms with Crippen LogP contribution in [0.15, 0.2) is 30.3 Å². The van der Waals surface area contributed by atoms with Gasteiger partial charge in [0.1, 0.15) is 0 Å². The second-order valence-electron chi connectivity index (χ2n) is 10.7. The summed E-state index contributed by atoms with van der Waals surface area (Å²) in [6.07, 6.45) is 9.84. The maximum Gasteiger partial charge on any atom is 0.239 e. The predicted molar refractivity (Wildman–Crippen MR) is 113 cm³/mol. The van der Waals surface area contributed by atoms with Crippen LogP contribution < -0.4 is 5.32 Å². The molecule has 0 aromatic heterocycles. The van der Waals surface area contributed by atoms with Gasteiger partial charge in [-0.1, -0.05) is 18.2 Å². The second-order valence-corrected chi connectivity index (χ2v) is 10.7. The Morgan fingerprint density at radius 3 is 2.10 bits per heavy atom. The van der Waals surface area contributed by atoms with Crippen LogP contribution in [0.25, 0.3) is 0 Å². The molecule has 1 aromatic rings. The number of carbonyl (C=O) groups excluding carboxylic acids is 1. The van der Waals surface area contributed by atoms with E-state index in [1.165, 1.54) is 32.1 Å². The molecule has 1 aliphatic heterocycles. The van der Waals surface area contributed by atoms with Gasteiger partial charge < -0.3 is 5.32 Å². The Balaban J connectivity index is 0.992. The van der Waals surface area contributed by atoms with E-state index in [-0.39, 0.29) is 5.78 Å². The molecule has 0 amide bonds. The molecule has 6 nitrogen and oxygen atoms in total. The van der Waals surface area contributed by atoms with Crippen molar-refractivity contribution in [1.29, 1.82) is 0 Å². The van der Waals surface area contributed by atoms with Crippen molar-refractivity contribution in [2.75, 3.05) is 11.9 Å². The van der Waals surface area contributed by atoms with Crippen LogP contribution in [0.4, 0.5) is 5.69 Å². The summed E-state index contributed by atoms with van der Waals surface area (Å²) in [5.74, 6) is 1.58. The lowest BCUT2D eigenvalue weighted by Crippen LogP contribution is -2.64. The van der Waals surface area contributed by atoms with Crippen molar-refractivity contribution in [3.63, 3.8) is 0 Å². The Bertz CT molecular complexity index is 763. The smallest absolute Gasteiger partial charge is 0.239 e. The molecule has 6 aliphatic rings. The molecule has 5 aliphatic carbocycles. The van der Waals surface area contributed by atoms with Crippen molar-refractivity contribution >= 4 is 11.5 Å². The number of ketones is 1. The Morgan fingerprint density at radius 2 is 1.48 bits per heavy atom. The highest BCUT2D eigenvalue weighted by Gasteiger charge is 2.64. The fraction of sp³-hybridized carbons (Fsp3) is 0.720. The van der Waals surface area contributed by atoms with Crippen molar-refractivity contribution in [1.82, 2.24) is 0 Å². The zero-order valence-corrected chi connectivity index (χ0v) is 18.1. The predicted octanol–water partition coefficient (Wildman–Crippen LogP) is 5.01. The van der Waals surface area contributed by atoms with Crippen LogP contribution in [-0.2, 0) is 24.3 Å². The third-order valence-electron chi connectivity index (χ3n) is 8.57. The van der Waals surface area contributed by atoms with Crippen molar-refractivity contribution < 1.29 is 24.3 Å². The van der Waals surface area contributed by atoms with Crippen molar-refractivity contribution in [3.05, 3.63) is 30.3 Å². The lowest BCUT2D eigenvalue weighted by Gasteiger charge is -2.60. The molecule has 1 heterocycles. The summed E-state index contributed by atoms with van der Waals surface area (Å²) in [7, 11) is 0. The third kappa shape index (κ3) is 3.71. The summed E-state index contributed by atoms with van der Waals surface area (Å²) in [6.45, 7) is 0.373. The molecule has 7 rings (SSSR count). The molecular weight excluding hydrogens is 394 g/mol. The first-order chi connectivity index (χ1) is 15.1. The van der Waals surface area contributed by atoms with Gasteiger partial charge in [0.15, 0.2) is 5.78 Å². The van der Waals surface area contributed by atoms with Crippen molar-refractivity contribution in [2.45, 2.75) is 75.8 Å². The number of hydrogen-bond donors (Lipinski definition) is 1. The highest BCUT2D eigenvalue weighted by atomic mass is 17.4. The first-order valence-corrected chi connectivity index (χ1v) is 12.2. The van der Waals surface area contributed by atoms with E-state index < -0.39 is 11.6 Å². The SMILES string of the molecule is O=C(CNc1ccccc1)CC1CCC2(CC1)OOC1(OO2)C2CC3CC(C2)CC1C3. The molecule has 168 valence electrons. The molecule has 0 atom stereocenters. The first-order valence-electron chi connectivity index (χ1n) is 12.2. The summed E-state index contributed by atoms with van der Waals surface area (Å²) < 4.78 is 0. The highest BCUT2D eigenvalue weighted by molar-refractivity contribution is 5.83. The van der Waals surface area contributed by atoms with E-state index in [1.54, 1.807) is 0 Å². The Kier molecular flexibility index (Phi) is 5.10. The van der Waals surface area contributed by atoms with Gasteiger partial charge in [-0.25, -0.2) is 0 Å². The van der Waals surface area contributed by atoms with Gasteiger partial charge in [0, 0.05) is 36.8 Å². The zero-order chi connectivity index (χ0) is 20.9. The van der Waals surface area contributed by atoms with Gasteiger partial charge in [0.05, 0.1) is 6.54 Å². The van der Waals surface area contributed by atoms with E-state index in [0.717, 1.165) is 30.4 Å². The summed E-state index contributed by atoms with van der Waals surface area (Å²) >= 11 is 0. The zero-order valence-electron chi connectivity index (χ0n) is 18.1. The van der Waals surface area contributed by atoms with E-state index in [2.05, 4.69) is 5.32 Å². The minimum atomic E-state index is -0.804. The number of rotatable bonds is 5. The minimum absolute atomic E-state index is 0.246. The lowest BCUT2D eigenvalue weighted by molar-refractivity contribution is -0.680. The standard InChI is InChI=1S/C25H33NO5/c27-23(16-26-22-4-2-1-3-5-22)15-17-6-8-24(9-7-17)28-30-25(31-29-24)20-11-18-10-19(13-20)14-21(25)12-18/h1-5,17-21,26H,6-16H2. The van der Waals surface area contributed by atoms with Crippen LogP contribution >= 0.6 is 0 Å². The molecule has 0 radical (unpaired) electrons. The molecule has 2 spiro atoms. The number of Topliss-reactive ketones (excluding diaryl/α,β-unsaturated/α-hetero) is 1. The number of carbonyl (C=O) groups is 1. The number of nitrogens with one attached hydrogen (secondary N) is 1. The molecule has 6 heteroatoms. The topological polar surface area (TPSA) is 66.0 Å². The van der Waals surface area contributed by atoms with Gasteiger partial charge in [-0.05, 0) is 74.8 Å². The molecule has 1 N–H and O–H groups in total. The molecule has 31 heavy (non-hydrogen) atoms. The third-order valence-corrected chi connectivity index (χ3v) is 8.57. The van der Waals surface area contributed by atoms with E-state index >= 15 is 0 Å². The Hall–Kier alpha value is -1.47. The van der Waals surface area contributed by atoms with E-state index in [1.807, 2.05) is 30.3 Å². The van der Waals surface area contributed by atoms with Crippen LogP contribution in [0, 0.1) is 29.6 Å². The van der Waals surface area contributed by atoms with E-state index in [4.69, 9.17) is 19.6 Å². The first kappa shape index (κ1) is 20.2. The Morgan fingerprint density at radius 1 is 0.871 bits per heavy atom. The molecule has 0 unspecified atom stereocenters. The second kappa shape index (κ2) is 7.84. The van der Waals surface area contributed by atoms with E-state index in [9.17, 15) is 4.79 Å². The van der Waals surface area contributed by atoms with Gasteiger partial charge in [-0.3, -0.25) is 4.79 Å². The van der Waals surface area contributed by atoms with Crippen molar-refractivity contribution in [3.8, 4) is 0 Å². The number of benzene rings is 1. The summed E-state index contributed by atoms with van der Waals surface area (Å²) in [6, 6.07) is 9.86. The molecule has 1 saturated heterocycles. The number of hydrogen-bond acceptors (Lipinski definition) is 6. The average Bonchev–Trinajstić information content (AvgIpc) is 2.79. The Labute approximate surface area is 183 Å². The summed E-state index contributed by atoms with van der Waals surface area (Å²) in [5.41, 5.74) is 0.982. The van der Waals surface area contributed by atoms with Gasteiger partial charge in [-0.2, -0.15) is 19.6 Å². The van der Waals surface area contributed by atoms with E-state index in [0.29, 0.717) is 43.6 Å². The number of para-hydroxylation sites is 1. The molecule has 1 aromatic carbocycles. The maximum absolute atomic E-state index is 12.4. The molecule has 4 bridgehead atoms. The molecule has 6 fully saturated rings. The fourth-order valence-corrected chi connectivity index (χ4v) is 7.06. The molecular formula is C25H33NO5. The minimum Gasteiger partial charge on any atom is -0.378 e. The van der Waals surface area contributed by atoms with Crippen LogP contribution in [0.2, 0.25) is 0 Å². The van der Waals surface area contributed by atoms with Crippen LogP contribution in [-0.4, -0.2) is 23.9 Å². The van der Waals surface area contributed by atoms with Crippen molar-refractivity contribution in [2.24, 2.45) is 29.6 Å². The maximum atomic E-state index is 12.4. The summed E-state index contributed by atoms with van der Waals surface area (Å²) in [4.78, 5) is 36.7. The average molecular weight is 428 g/mol. The normalized spacial score (nSPS) is 43.4. The lowest BCUT2D eigenvalue weighted by atomic mass is 9.53. The van der Waals surface area contributed by atoms with Crippen LogP contribution in [0.5, 0.6) is 0 Å². The van der Waals surface area contributed by atoms with Gasteiger partial charge in [0.2, 0.25) is 11.6 Å². The van der Waals surface area contributed by atoms with Crippen LogP contribution in [0.3, 0.4) is 0 Å². The van der Waals surface area contributed by atoms with Gasteiger partial charge in [0.25, 0.3) is 0 Å². The number of anilines is 1. The quantitative estimate of drug-likeness (QED) is 0.667. The largest absolute Gasteiger partial charge is 0.378 e. The van der Waals surface area contributed by atoms with Crippen LogP contribution in [0.1, 0.15) is 64.2 Å². The van der Waals surface area contributed by atoms with Gasteiger partial charge >= 0.3 is 0 Å². The molecule has 5 saturated carbocycles. The van der Waals surface area contributed by atoms with Gasteiger partial charge in [-0.15, -0.1) is 0 Å². The fourth-order valence-electron chi connectivity index (χ4n) is 7.06. The summed E-state index contributed by atoms with van der Waals surface area (Å²) in [5, 5.41) is 3.21.